The summed E-state index contributed by atoms with van der Waals surface area (Å²) in [6.07, 6.45) is 3.42. The van der Waals surface area contributed by atoms with E-state index in [0.717, 1.165) is 31.6 Å². The molecule has 164 valence electrons. The van der Waals surface area contributed by atoms with E-state index < -0.39 is 0 Å². The van der Waals surface area contributed by atoms with Crippen LogP contribution >= 0.6 is 0 Å². The van der Waals surface area contributed by atoms with Crippen LogP contribution in [-0.2, 0) is 14.3 Å². The second-order valence-electron chi connectivity index (χ2n) is 8.31. The van der Waals surface area contributed by atoms with Crippen molar-refractivity contribution in [3.63, 3.8) is 0 Å². The first kappa shape index (κ1) is 22.1. The molecule has 0 atom stereocenters. The van der Waals surface area contributed by atoms with Crippen LogP contribution in [0.5, 0.6) is 0 Å². The van der Waals surface area contributed by atoms with E-state index in [1.54, 1.807) is 11.8 Å². The van der Waals surface area contributed by atoms with E-state index in [4.69, 9.17) is 4.74 Å². The molecule has 30 heavy (non-hydrogen) atoms. The first-order chi connectivity index (χ1) is 14.5. The zero-order chi connectivity index (χ0) is 21.5. The summed E-state index contributed by atoms with van der Waals surface area (Å²) in [5.74, 6) is 0.523. The van der Waals surface area contributed by atoms with Gasteiger partial charge in [0.1, 0.15) is 0 Å². The van der Waals surface area contributed by atoms with Gasteiger partial charge >= 0.3 is 5.97 Å². The quantitative estimate of drug-likeness (QED) is 0.723. The Balaban J connectivity index is 1.43. The third kappa shape index (κ3) is 5.74. The molecule has 3 rings (SSSR count). The third-order valence-electron chi connectivity index (χ3n) is 6.11. The summed E-state index contributed by atoms with van der Waals surface area (Å²) in [7, 11) is 0. The van der Waals surface area contributed by atoms with Crippen LogP contribution in [0.2, 0.25) is 0 Å². The molecule has 7 heteroatoms. The molecule has 0 bridgehead atoms. The molecule has 0 aliphatic carbocycles. The average molecular weight is 416 g/mol. The molecule has 1 aromatic rings. The Hall–Kier alpha value is -2.57. The van der Waals surface area contributed by atoms with E-state index in [9.17, 15) is 14.4 Å². The smallest absolute Gasteiger partial charge is 0.309 e. The van der Waals surface area contributed by atoms with Crippen LogP contribution < -0.4 is 5.32 Å². The minimum Gasteiger partial charge on any atom is -0.466 e. The number of hydrogen-bond donors (Lipinski definition) is 1. The maximum atomic E-state index is 12.6. The highest BCUT2D eigenvalue weighted by atomic mass is 16.5. The van der Waals surface area contributed by atoms with Gasteiger partial charge < -0.3 is 19.9 Å². The summed E-state index contributed by atoms with van der Waals surface area (Å²) < 4.78 is 5.07. The Bertz CT molecular complexity index is 733. The fourth-order valence-corrected chi connectivity index (χ4v) is 4.04. The largest absolute Gasteiger partial charge is 0.466 e. The highest BCUT2D eigenvalue weighted by molar-refractivity contribution is 5.94. The van der Waals surface area contributed by atoms with Crippen molar-refractivity contribution in [2.24, 2.45) is 11.8 Å². The first-order valence-corrected chi connectivity index (χ1v) is 11.1. The Morgan fingerprint density at radius 3 is 2.17 bits per heavy atom. The molecule has 2 aliphatic rings. The molecular formula is C23H33N3O4. The van der Waals surface area contributed by atoms with E-state index >= 15 is 0 Å². The summed E-state index contributed by atoms with van der Waals surface area (Å²) in [5, 5.41) is 3.14. The fraction of sp³-hybridized carbons (Fsp3) is 0.609. The molecule has 2 saturated heterocycles. The van der Waals surface area contributed by atoms with Crippen molar-refractivity contribution < 1.29 is 19.1 Å². The maximum absolute atomic E-state index is 12.6. The normalized spacial score (nSPS) is 18.2. The zero-order valence-electron chi connectivity index (χ0n) is 18.1. The molecular weight excluding hydrogens is 382 g/mol. The minimum absolute atomic E-state index is 0.0138. The number of esters is 1. The monoisotopic (exact) mass is 415 g/mol. The van der Waals surface area contributed by atoms with Crippen LogP contribution in [0.25, 0.3) is 0 Å². The van der Waals surface area contributed by atoms with Gasteiger partial charge in [0.05, 0.1) is 19.1 Å². The van der Waals surface area contributed by atoms with Gasteiger partial charge in [0.15, 0.2) is 0 Å². The highest BCUT2D eigenvalue weighted by Crippen LogP contribution is 2.20. The fourth-order valence-electron chi connectivity index (χ4n) is 4.04. The molecule has 7 nitrogen and oxygen atoms in total. The average Bonchev–Trinajstić information content (AvgIpc) is 2.78. The van der Waals surface area contributed by atoms with Crippen molar-refractivity contribution in [3.05, 3.63) is 29.8 Å². The van der Waals surface area contributed by atoms with E-state index in [1.807, 2.05) is 29.2 Å². The van der Waals surface area contributed by atoms with E-state index in [-0.39, 0.29) is 30.2 Å². The SMILES string of the molecule is CCOC(=O)C1CCN(C(=O)CNc2ccc(C(=O)N3CCC(C)CC3)cc2)CC1. The number of nitrogens with one attached hydrogen (secondary N) is 1. The Labute approximate surface area is 178 Å². The summed E-state index contributed by atoms with van der Waals surface area (Å²) in [6.45, 7) is 7.41. The lowest BCUT2D eigenvalue weighted by molar-refractivity contribution is -0.151. The molecule has 0 radical (unpaired) electrons. The van der Waals surface area contributed by atoms with Crippen LogP contribution in [0.15, 0.2) is 24.3 Å². The summed E-state index contributed by atoms with van der Waals surface area (Å²) in [6, 6.07) is 7.33. The number of amides is 2. The molecule has 2 fully saturated rings. The second kappa shape index (κ2) is 10.5. The van der Waals surface area contributed by atoms with Crippen molar-refractivity contribution >= 4 is 23.5 Å². The lowest BCUT2D eigenvalue weighted by atomic mass is 9.97. The first-order valence-electron chi connectivity index (χ1n) is 11.1. The molecule has 0 saturated carbocycles. The van der Waals surface area contributed by atoms with E-state index in [0.29, 0.717) is 44.0 Å². The third-order valence-corrected chi connectivity index (χ3v) is 6.11. The van der Waals surface area contributed by atoms with Crippen LogP contribution in [0.1, 0.15) is 49.9 Å². The zero-order valence-corrected chi connectivity index (χ0v) is 18.1. The summed E-state index contributed by atoms with van der Waals surface area (Å²) in [5.41, 5.74) is 1.50. The van der Waals surface area contributed by atoms with Gasteiger partial charge in [-0.15, -0.1) is 0 Å². The molecule has 2 aliphatic heterocycles. The predicted octanol–water partition coefficient (Wildman–Crippen LogP) is 2.77. The number of rotatable bonds is 6. The van der Waals surface area contributed by atoms with Gasteiger partial charge in [-0.25, -0.2) is 0 Å². The van der Waals surface area contributed by atoms with Gasteiger partial charge in [-0.2, -0.15) is 0 Å². The lowest BCUT2D eigenvalue weighted by Gasteiger charge is -2.31. The number of hydrogen-bond acceptors (Lipinski definition) is 5. The maximum Gasteiger partial charge on any atom is 0.309 e. The predicted molar refractivity (Wildman–Crippen MR) is 115 cm³/mol. The van der Waals surface area contributed by atoms with Crippen molar-refractivity contribution in [1.82, 2.24) is 9.80 Å². The van der Waals surface area contributed by atoms with Crippen LogP contribution in [0.4, 0.5) is 5.69 Å². The van der Waals surface area contributed by atoms with Crippen LogP contribution in [0, 0.1) is 11.8 Å². The highest BCUT2D eigenvalue weighted by Gasteiger charge is 2.28. The van der Waals surface area contributed by atoms with E-state index in [2.05, 4.69) is 12.2 Å². The number of benzene rings is 1. The van der Waals surface area contributed by atoms with Gasteiger partial charge in [-0.05, 0) is 62.8 Å². The second-order valence-corrected chi connectivity index (χ2v) is 8.31. The number of anilines is 1. The minimum atomic E-state index is -0.156. The number of likely N-dealkylation sites (tertiary alicyclic amines) is 2. The van der Waals surface area contributed by atoms with Gasteiger partial charge in [-0.3, -0.25) is 14.4 Å². The van der Waals surface area contributed by atoms with Gasteiger partial charge in [0, 0.05) is 37.4 Å². The number of ether oxygens (including phenoxy) is 1. The van der Waals surface area contributed by atoms with Gasteiger partial charge in [-0.1, -0.05) is 6.92 Å². The number of piperidine rings is 2. The van der Waals surface area contributed by atoms with Crippen molar-refractivity contribution in [3.8, 4) is 0 Å². The summed E-state index contributed by atoms with van der Waals surface area (Å²) in [4.78, 5) is 40.6. The molecule has 1 aromatic carbocycles. The Morgan fingerprint density at radius 2 is 1.57 bits per heavy atom. The number of carbonyl (C=O) groups excluding carboxylic acids is 3. The molecule has 1 N–H and O–H groups in total. The van der Waals surface area contributed by atoms with E-state index in [1.165, 1.54) is 0 Å². The van der Waals surface area contributed by atoms with Crippen molar-refractivity contribution in [1.29, 1.82) is 0 Å². The van der Waals surface area contributed by atoms with Crippen molar-refractivity contribution in [2.45, 2.75) is 39.5 Å². The van der Waals surface area contributed by atoms with Crippen LogP contribution in [0.3, 0.4) is 0 Å². The summed E-state index contributed by atoms with van der Waals surface area (Å²) >= 11 is 0. The van der Waals surface area contributed by atoms with Gasteiger partial charge in [0.25, 0.3) is 5.91 Å². The number of nitrogens with zero attached hydrogens (tertiary/aromatic N) is 2. The molecule has 0 unspecified atom stereocenters. The lowest BCUT2D eigenvalue weighted by Crippen LogP contribution is -2.43. The van der Waals surface area contributed by atoms with Crippen LogP contribution in [-0.4, -0.2) is 66.9 Å². The molecule has 0 aromatic heterocycles. The molecule has 2 amide bonds. The van der Waals surface area contributed by atoms with Gasteiger partial charge in [0.2, 0.25) is 5.91 Å². The Morgan fingerprint density at radius 1 is 0.967 bits per heavy atom. The molecule has 0 spiro atoms. The topological polar surface area (TPSA) is 79.0 Å². The standard InChI is InChI=1S/C23H33N3O4/c1-3-30-23(29)19-10-14-25(15-11-19)21(27)16-24-20-6-4-18(5-7-20)22(28)26-12-8-17(2)9-13-26/h4-7,17,19,24H,3,8-16H2,1-2H3. The Kier molecular flexibility index (Phi) is 7.71. The number of carbonyl (C=O) groups is 3. The van der Waals surface area contributed by atoms with Crippen molar-refractivity contribution in [2.75, 3.05) is 44.6 Å². The molecule has 2 heterocycles.